The van der Waals surface area contributed by atoms with Gasteiger partial charge in [-0.25, -0.2) is 4.79 Å². The van der Waals surface area contributed by atoms with Gasteiger partial charge in [0.25, 0.3) is 0 Å². The molecule has 0 spiro atoms. The second-order valence-electron chi connectivity index (χ2n) is 3.70. The number of hydrogen-bond acceptors (Lipinski definition) is 5. The lowest BCUT2D eigenvalue weighted by atomic mass is 10.00. The van der Waals surface area contributed by atoms with Crippen LogP contribution in [0.3, 0.4) is 0 Å². The van der Waals surface area contributed by atoms with Crippen LogP contribution in [0.5, 0.6) is 0 Å². The topological polar surface area (TPSA) is 92.9 Å². The van der Waals surface area contributed by atoms with Crippen LogP contribution in [0, 0.1) is 0 Å². The molecule has 2 unspecified atom stereocenters. The maximum atomic E-state index is 11.4. The minimum absolute atomic E-state index is 0.0832. The molecule has 0 radical (unpaired) electrons. The first-order valence-corrected chi connectivity index (χ1v) is 5.53. The molecule has 3 atom stereocenters. The van der Waals surface area contributed by atoms with Gasteiger partial charge in [0, 0.05) is 12.9 Å². The standard InChI is InChI=1S/C8H12N2O4S/c1-14-8(7(12)13)2-10-5(11)4(9)6(10)15-3-8/h4,6H,2-3,9H2,1H3,(H,12,13)/t4?,6-,8?/m1/s1. The van der Waals surface area contributed by atoms with Crippen molar-refractivity contribution in [1.82, 2.24) is 4.90 Å². The van der Waals surface area contributed by atoms with Crippen molar-refractivity contribution >= 4 is 23.6 Å². The largest absolute Gasteiger partial charge is 0.479 e. The van der Waals surface area contributed by atoms with E-state index in [2.05, 4.69) is 0 Å². The molecule has 3 N–H and O–H groups in total. The first-order chi connectivity index (χ1) is 7.02. The van der Waals surface area contributed by atoms with Crippen molar-refractivity contribution in [2.24, 2.45) is 5.73 Å². The summed E-state index contributed by atoms with van der Waals surface area (Å²) in [5, 5.41) is 8.98. The molecule has 7 heteroatoms. The van der Waals surface area contributed by atoms with Crippen LogP contribution in [0.25, 0.3) is 0 Å². The molecule has 0 aromatic heterocycles. The number of nitrogens with zero attached hydrogens (tertiary/aromatic N) is 1. The molecular formula is C8H12N2O4S. The van der Waals surface area contributed by atoms with Crippen molar-refractivity contribution in [2.45, 2.75) is 17.0 Å². The number of fused-ring (bicyclic) bond motifs is 1. The second-order valence-corrected chi connectivity index (χ2v) is 4.80. The van der Waals surface area contributed by atoms with E-state index in [1.807, 2.05) is 0 Å². The minimum Gasteiger partial charge on any atom is -0.479 e. The summed E-state index contributed by atoms with van der Waals surface area (Å²) in [5.41, 5.74) is 4.30. The van der Waals surface area contributed by atoms with Crippen LogP contribution in [0.1, 0.15) is 0 Å². The van der Waals surface area contributed by atoms with Crippen LogP contribution >= 0.6 is 11.8 Å². The molecule has 1 amide bonds. The van der Waals surface area contributed by atoms with E-state index in [0.29, 0.717) is 5.75 Å². The highest BCUT2D eigenvalue weighted by atomic mass is 32.2. The molecule has 84 valence electrons. The van der Waals surface area contributed by atoms with Gasteiger partial charge in [0.15, 0.2) is 5.60 Å². The zero-order valence-corrected chi connectivity index (χ0v) is 8.99. The quantitative estimate of drug-likeness (QED) is 0.575. The van der Waals surface area contributed by atoms with E-state index in [0.717, 1.165) is 0 Å². The number of aliphatic carboxylic acids is 1. The molecule has 0 aromatic rings. The van der Waals surface area contributed by atoms with Crippen molar-refractivity contribution in [3.8, 4) is 0 Å². The Morgan fingerprint density at radius 1 is 1.80 bits per heavy atom. The van der Waals surface area contributed by atoms with Gasteiger partial charge in [0.1, 0.15) is 11.4 Å². The molecule has 2 heterocycles. The zero-order valence-electron chi connectivity index (χ0n) is 8.17. The van der Waals surface area contributed by atoms with Gasteiger partial charge in [-0.3, -0.25) is 4.79 Å². The lowest BCUT2D eigenvalue weighted by Crippen LogP contribution is -2.74. The Labute approximate surface area is 90.7 Å². The number of nitrogens with two attached hydrogens (primary N) is 1. The maximum Gasteiger partial charge on any atom is 0.338 e. The highest BCUT2D eigenvalue weighted by Gasteiger charge is 2.56. The van der Waals surface area contributed by atoms with Crippen molar-refractivity contribution in [2.75, 3.05) is 19.4 Å². The number of carboxylic acids is 1. The van der Waals surface area contributed by atoms with Crippen molar-refractivity contribution < 1.29 is 19.4 Å². The van der Waals surface area contributed by atoms with E-state index in [-0.39, 0.29) is 17.8 Å². The first kappa shape index (κ1) is 10.7. The number of β-lactam (4-membered cyclic amide) rings is 1. The summed E-state index contributed by atoms with van der Waals surface area (Å²) in [6.07, 6.45) is 0. The number of thioether (sulfide) groups is 1. The smallest absolute Gasteiger partial charge is 0.338 e. The Morgan fingerprint density at radius 2 is 2.47 bits per heavy atom. The third-order valence-electron chi connectivity index (χ3n) is 2.88. The molecule has 0 aromatic carbocycles. The maximum absolute atomic E-state index is 11.4. The fourth-order valence-corrected chi connectivity index (χ4v) is 3.25. The number of ether oxygens (including phenoxy) is 1. The van der Waals surface area contributed by atoms with Crippen LogP contribution < -0.4 is 5.73 Å². The Balaban J connectivity index is 2.15. The fourth-order valence-electron chi connectivity index (χ4n) is 1.79. The third-order valence-corrected chi connectivity index (χ3v) is 4.40. The number of carboxylic acid groups (broad SMARTS) is 1. The summed E-state index contributed by atoms with van der Waals surface area (Å²) < 4.78 is 5.02. The normalized spacial score (nSPS) is 39.6. The average Bonchev–Trinajstić information content (AvgIpc) is 2.26. The molecule has 2 aliphatic heterocycles. The fraction of sp³-hybridized carbons (Fsp3) is 0.750. The Kier molecular flexibility index (Phi) is 2.40. The Morgan fingerprint density at radius 3 is 3.00 bits per heavy atom. The van der Waals surface area contributed by atoms with Gasteiger partial charge >= 0.3 is 5.97 Å². The number of carbonyl (C=O) groups is 2. The molecule has 0 aliphatic carbocycles. The molecule has 6 nitrogen and oxygen atoms in total. The highest BCUT2D eigenvalue weighted by molar-refractivity contribution is 8.00. The minimum atomic E-state index is -1.28. The van der Waals surface area contributed by atoms with Crippen LogP contribution in [0.2, 0.25) is 0 Å². The summed E-state index contributed by atoms with van der Waals surface area (Å²) in [7, 11) is 1.35. The Bertz CT molecular complexity index is 324. The molecule has 2 rings (SSSR count). The van der Waals surface area contributed by atoms with Crippen molar-refractivity contribution in [3.63, 3.8) is 0 Å². The van der Waals surface area contributed by atoms with E-state index in [1.54, 1.807) is 0 Å². The van der Waals surface area contributed by atoms with Gasteiger partial charge < -0.3 is 20.5 Å². The number of methoxy groups -OCH3 is 1. The molecule has 15 heavy (non-hydrogen) atoms. The van der Waals surface area contributed by atoms with Gasteiger partial charge in [-0.05, 0) is 0 Å². The average molecular weight is 232 g/mol. The third kappa shape index (κ3) is 1.34. The van der Waals surface area contributed by atoms with Gasteiger partial charge in [-0.15, -0.1) is 11.8 Å². The number of rotatable bonds is 2. The molecule has 2 saturated heterocycles. The lowest BCUT2D eigenvalue weighted by molar-refractivity contribution is -0.169. The predicted molar refractivity (Wildman–Crippen MR) is 53.3 cm³/mol. The summed E-state index contributed by atoms with van der Waals surface area (Å²) >= 11 is 1.36. The first-order valence-electron chi connectivity index (χ1n) is 4.48. The van der Waals surface area contributed by atoms with E-state index in [1.165, 1.54) is 23.8 Å². The molecule has 2 fully saturated rings. The molecule has 2 aliphatic rings. The summed E-state index contributed by atoms with van der Waals surface area (Å²) in [6, 6.07) is -0.487. The number of amides is 1. The second kappa shape index (κ2) is 3.36. The van der Waals surface area contributed by atoms with Crippen molar-refractivity contribution in [1.29, 1.82) is 0 Å². The predicted octanol–water partition coefficient (Wildman–Crippen LogP) is -1.30. The van der Waals surface area contributed by atoms with E-state index in [4.69, 9.17) is 15.6 Å². The van der Waals surface area contributed by atoms with Gasteiger partial charge in [-0.1, -0.05) is 0 Å². The van der Waals surface area contributed by atoms with Crippen molar-refractivity contribution in [3.05, 3.63) is 0 Å². The molecule has 0 saturated carbocycles. The van der Waals surface area contributed by atoms with Gasteiger partial charge in [-0.2, -0.15) is 0 Å². The molecule has 0 bridgehead atoms. The summed E-state index contributed by atoms with van der Waals surface area (Å²) in [4.78, 5) is 23.9. The monoisotopic (exact) mass is 232 g/mol. The molecular weight excluding hydrogens is 220 g/mol. The van der Waals surface area contributed by atoms with Crippen LogP contribution in [0.4, 0.5) is 0 Å². The number of hydrogen-bond donors (Lipinski definition) is 2. The van der Waals surface area contributed by atoms with Crippen LogP contribution in [0.15, 0.2) is 0 Å². The summed E-state index contributed by atoms with van der Waals surface area (Å²) in [5.74, 6) is -0.917. The van der Waals surface area contributed by atoms with E-state index < -0.39 is 17.6 Å². The lowest BCUT2D eigenvalue weighted by Gasteiger charge is -2.52. The number of carbonyl (C=O) groups excluding carboxylic acids is 1. The van der Waals surface area contributed by atoms with E-state index in [9.17, 15) is 9.59 Å². The van der Waals surface area contributed by atoms with Crippen LogP contribution in [-0.4, -0.2) is 58.3 Å². The van der Waals surface area contributed by atoms with Gasteiger partial charge in [0.2, 0.25) is 5.91 Å². The van der Waals surface area contributed by atoms with Crippen LogP contribution in [-0.2, 0) is 14.3 Å². The Hall–Kier alpha value is -0.790. The highest BCUT2D eigenvalue weighted by Crippen LogP contribution is 2.38. The van der Waals surface area contributed by atoms with E-state index >= 15 is 0 Å². The zero-order chi connectivity index (χ0) is 11.2. The van der Waals surface area contributed by atoms with Gasteiger partial charge in [0.05, 0.1) is 6.54 Å². The SMILES string of the molecule is COC1(C(=O)O)CS[C@@H]2C(N)C(=O)N2C1. The summed E-state index contributed by atoms with van der Waals surface area (Å²) in [6.45, 7) is 0.0863.